The van der Waals surface area contributed by atoms with Gasteiger partial charge in [0.2, 0.25) is 0 Å². The number of carbonyl (C=O) groups is 1. The third-order valence-electron chi connectivity index (χ3n) is 2.47. The van der Waals surface area contributed by atoms with Gasteiger partial charge in [-0.3, -0.25) is 4.79 Å². The van der Waals surface area contributed by atoms with Gasteiger partial charge in [0.1, 0.15) is 12.4 Å². The van der Waals surface area contributed by atoms with E-state index in [1.54, 1.807) is 31.4 Å². The quantitative estimate of drug-likeness (QED) is 0.666. The second-order valence-electron chi connectivity index (χ2n) is 3.93. The summed E-state index contributed by atoms with van der Waals surface area (Å²) in [6.45, 7) is 5.04. The molecular formula is C14H20O4. The third kappa shape index (κ3) is 4.85. The molecule has 1 unspecified atom stereocenters. The van der Waals surface area contributed by atoms with Gasteiger partial charge in [-0.05, 0) is 38.1 Å². The molecule has 4 nitrogen and oxygen atoms in total. The highest BCUT2D eigenvalue weighted by Crippen LogP contribution is 2.12. The normalized spacial score (nSPS) is 12.2. The van der Waals surface area contributed by atoms with Crippen molar-refractivity contribution in [1.29, 1.82) is 0 Å². The molecule has 0 bridgehead atoms. The van der Waals surface area contributed by atoms with Crippen LogP contribution in [-0.4, -0.2) is 38.8 Å². The summed E-state index contributed by atoms with van der Waals surface area (Å²) < 4.78 is 15.7. The standard InChI is InChI=1S/C14H20O4/c1-4-17-9-11(2)18-10-14(15)12-5-7-13(16-3)8-6-12/h5-8,11H,4,9-10H2,1-3H3. The van der Waals surface area contributed by atoms with Crippen molar-refractivity contribution < 1.29 is 19.0 Å². The molecule has 0 radical (unpaired) electrons. The Morgan fingerprint density at radius 2 is 1.94 bits per heavy atom. The van der Waals surface area contributed by atoms with Crippen LogP contribution in [0.2, 0.25) is 0 Å². The number of carbonyl (C=O) groups excluding carboxylic acids is 1. The lowest BCUT2D eigenvalue weighted by atomic mass is 10.1. The Labute approximate surface area is 108 Å². The van der Waals surface area contributed by atoms with E-state index in [1.807, 2.05) is 13.8 Å². The highest BCUT2D eigenvalue weighted by atomic mass is 16.5. The highest BCUT2D eigenvalue weighted by Gasteiger charge is 2.09. The first-order valence-electron chi connectivity index (χ1n) is 6.04. The summed E-state index contributed by atoms with van der Waals surface area (Å²) >= 11 is 0. The summed E-state index contributed by atoms with van der Waals surface area (Å²) in [5.74, 6) is 0.693. The highest BCUT2D eigenvalue weighted by molar-refractivity contribution is 5.97. The number of rotatable bonds is 8. The Kier molecular flexibility index (Phi) is 6.39. The fourth-order valence-electron chi connectivity index (χ4n) is 1.41. The van der Waals surface area contributed by atoms with Crippen LogP contribution in [-0.2, 0) is 9.47 Å². The molecule has 0 amide bonds. The predicted molar refractivity (Wildman–Crippen MR) is 69.2 cm³/mol. The molecule has 0 saturated heterocycles. The summed E-state index contributed by atoms with van der Waals surface area (Å²) in [6, 6.07) is 6.99. The Balaban J connectivity index is 2.39. The van der Waals surface area contributed by atoms with Gasteiger partial charge in [0.25, 0.3) is 0 Å². The van der Waals surface area contributed by atoms with Crippen LogP contribution in [0.15, 0.2) is 24.3 Å². The lowest BCUT2D eigenvalue weighted by Crippen LogP contribution is -2.20. The average molecular weight is 252 g/mol. The fraction of sp³-hybridized carbons (Fsp3) is 0.500. The van der Waals surface area contributed by atoms with E-state index in [-0.39, 0.29) is 18.5 Å². The summed E-state index contributed by atoms with van der Waals surface area (Å²) in [5.41, 5.74) is 0.624. The first-order valence-corrected chi connectivity index (χ1v) is 6.04. The molecule has 0 heterocycles. The molecule has 0 aliphatic carbocycles. The van der Waals surface area contributed by atoms with Gasteiger partial charge in [-0.25, -0.2) is 0 Å². The van der Waals surface area contributed by atoms with Crippen LogP contribution in [0.5, 0.6) is 5.75 Å². The second kappa shape index (κ2) is 7.84. The minimum absolute atomic E-state index is 0.0407. The van der Waals surface area contributed by atoms with Gasteiger partial charge < -0.3 is 14.2 Å². The smallest absolute Gasteiger partial charge is 0.188 e. The molecule has 1 rings (SSSR count). The zero-order valence-electron chi connectivity index (χ0n) is 11.1. The van der Waals surface area contributed by atoms with E-state index in [0.29, 0.717) is 18.8 Å². The van der Waals surface area contributed by atoms with Gasteiger partial charge in [-0.2, -0.15) is 0 Å². The van der Waals surface area contributed by atoms with Crippen molar-refractivity contribution >= 4 is 5.78 Å². The number of ketones is 1. The fourth-order valence-corrected chi connectivity index (χ4v) is 1.41. The molecule has 1 aromatic carbocycles. The summed E-state index contributed by atoms with van der Waals surface area (Å²) in [7, 11) is 1.59. The minimum Gasteiger partial charge on any atom is -0.497 e. The largest absolute Gasteiger partial charge is 0.497 e. The van der Waals surface area contributed by atoms with Crippen molar-refractivity contribution in [1.82, 2.24) is 0 Å². The maximum atomic E-state index is 11.8. The van der Waals surface area contributed by atoms with Crippen LogP contribution in [0, 0.1) is 0 Å². The number of methoxy groups -OCH3 is 1. The molecule has 0 aliphatic rings. The van der Waals surface area contributed by atoms with Crippen LogP contribution < -0.4 is 4.74 Å². The Morgan fingerprint density at radius 1 is 1.28 bits per heavy atom. The molecule has 0 aromatic heterocycles. The van der Waals surface area contributed by atoms with Gasteiger partial charge >= 0.3 is 0 Å². The van der Waals surface area contributed by atoms with Gasteiger partial charge in [-0.15, -0.1) is 0 Å². The van der Waals surface area contributed by atoms with Crippen LogP contribution in [0.25, 0.3) is 0 Å². The summed E-state index contributed by atoms with van der Waals surface area (Å²) in [6.07, 6.45) is -0.0767. The van der Waals surface area contributed by atoms with E-state index < -0.39 is 0 Å². The zero-order chi connectivity index (χ0) is 13.4. The maximum Gasteiger partial charge on any atom is 0.188 e. The zero-order valence-corrected chi connectivity index (χ0v) is 11.1. The molecule has 18 heavy (non-hydrogen) atoms. The van der Waals surface area contributed by atoms with Crippen LogP contribution in [0.3, 0.4) is 0 Å². The molecule has 1 aromatic rings. The predicted octanol–water partition coefficient (Wildman–Crippen LogP) is 2.32. The van der Waals surface area contributed by atoms with Crippen molar-refractivity contribution in [2.45, 2.75) is 20.0 Å². The molecule has 1 atom stereocenters. The Bertz CT molecular complexity index is 359. The third-order valence-corrected chi connectivity index (χ3v) is 2.47. The second-order valence-corrected chi connectivity index (χ2v) is 3.93. The molecule has 0 spiro atoms. The van der Waals surface area contributed by atoms with E-state index in [2.05, 4.69) is 0 Å². The molecular weight excluding hydrogens is 232 g/mol. The number of hydrogen-bond donors (Lipinski definition) is 0. The summed E-state index contributed by atoms with van der Waals surface area (Å²) in [4.78, 5) is 11.8. The molecule has 0 N–H and O–H groups in total. The van der Waals surface area contributed by atoms with Gasteiger partial charge in [-0.1, -0.05) is 0 Å². The number of benzene rings is 1. The lowest BCUT2D eigenvalue weighted by molar-refractivity contribution is 0.00115. The average Bonchev–Trinajstić information content (AvgIpc) is 2.42. The van der Waals surface area contributed by atoms with E-state index in [4.69, 9.17) is 14.2 Å². The van der Waals surface area contributed by atoms with Crippen molar-refractivity contribution in [3.8, 4) is 5.75 Å². The first-order chi connectivity index (χ1) is 8.67. The van der Waals surface area contributed by atoms with Gasteiger partial charge in [0.05, 0.1) is 19.8 Å². The van der Waals surface area contributed by atoms with Crippen LogP contribution in [0.1, 0.15) is 24.2 Å². The SMILES string of the molecule is CCOCC(C)OCC(=O)c1ccc(OC)cc1. The van der Waals surface area contributed by atoms with Gasteiger partial charge in [0, 0.05) is 12.2 Å². The minimum atomic E-state index is -0.0767. The molecule has 0 saturated carbocycles. The maximum absolute atomic E-state index is 11.8. The van der Waals surface area contributed by atoms with Gasteiger partial charge in [0.15, 0.2) is 5.78 Å². The Morgan fingerprint density at radius 3 is 2.50 bits per heavy atom. The van der Waals surface area contributed by atoms with Crippen LogP contribution in [0.4, 0.5) is 0 Å². The van der Waals surface area contributed by atoms with E-state index >= 15 is 0 Å². The number of ether oxygens (including phenoxy) is 3. The summed E-state index contributed by atoms with van der Waals surface area (Å²) in [5, 5.41) is 0. The Hall–Kier alpha value is -1.39. The van der Waals surface area contributed by atoms with E-state index in [0.717, 1.165) is 5.75 Å². The molecule has 100 valence electrons. The van der Waals surface area contributed by atoms with Crippen molar-refractivity contribution in [2.24, 2.45) is 0 Å². The van der Waals surface area contributed by atoms with Crippen molar-refractivity contribution in [2.75, 3.05) is 26.9 Å². The lowest BCUT2D eigenvalue weighted by Gasteiger charge is -2.12. The molecule has 4 heteroatoms. The van der Waals surface area contributed by atoms with E-state index in [1.165, 1.54) is 0 Å². The molecule has 0 fully saturated rings. The van der Waals surface area contributed by atoms with Crippen molar-refractivity contribution in [3.63, 3.8) is 0 Å². The van der Waals surface area contributed by atoms with Crippen molar-refractivity contribution in [3.05, 3.63) is 29.8 Å². The van der Waals surface area contributed by atoms with Crippen LogP contribution >= 0.6 is 0 Å². The topological polar surface area (TPSA) is 44.8 Å². The van der Waals surface area contributed by atoms with E-state index in [9.17, 15) is 4.79 Å². The monoisotopic (exact) mass is 252 g/mol. The molecule has 0 aliphatic heterocycles. The number of hydrogen-bond acceptors (Lipinski definition) is 4. The first kappa shape index (κ1) is 14.7. The number of Topliss-reactive ketones (excluding diaryl/α,β-unsaturated/α-hetero) is 1.